The molecule has 2 atom stereocenters. The van der Waals surface area contributed by atoms with Gasteiger partial charge in [0.25, 0.3) is 5.91 Å². The molecule has 1 aliphatic rings. The summed E-state index contributed by atoms with van der Waals surface area (Å²) >= 11 is 5.02. The van der Waals surface area contributed by atoms with Crippen LogP contribution in [0.2, 0.25) is 0 Å². The maximum atomic E-state index is 12.0. The minimum atomic E-state index is -0.113. The summed E-state index contributed by atoms with van der Waals surface area (Å²) in [5.74, 6) is 0.0142. The van der Waals surface area contributed by atoms with Crippen molar-refractivity contribution >= 4 is 23.1 Å². The van der Waals surface area contributed by atoms with Gasteiger partial charge in [0.05, 0.1) is 4.99 Å². The first-order valence-corrected chi connectivity index (χ1v) is 6.08. The average molecular weight is 252 g/mol. The molecule has 92 valence electrons. The van der Waals surface area contributed by atoms with Crippen molar-refractivity contribution in [2.45, 2.75) is 25.3 Å². The summed E-state index contributed by atoms with van der Waals surface area (Å²) in [7, 11) is 1.74. The third-order valence-corrected chi connectivity index (χ3v) is 3.55. The first-order chi connectivity index (χ1) is 8.09. The normalized spacial score (nSPS) is 23.6. The Morgan fingerprint density at radius 1 is 1.65 bits per heavy atom. The summed E-state index contributed by atoms with van der Waals surface area (Å²) in [6.07, 6.45) is 4.56. The van der Waals surface area contributed by atoms with E-state index in [-0.39, 0.29) is 17.9 Å². The number of aromatic nitrogens is 2. The van der Waals surface area contributed by atoms with Crippen LogP contribution in [0.5, 0.6) is 0 Å². The Hall–Kier alpha value is -1.43. The second-order valence-electron chi connectivity index (χ2n) is 4.36. The number of hydrogen-bond donors (Lipinski definition) is 2. The van der Waals surface area contributed by atoms with Gasteiger partial charge in [-0.05, 0) is 18.9 Å². The van der Waals surface area contributed by atoms with Gasteiger partial charge in [-0.3, -0.25) is 9.48 Å². The van der Waals surface area contributed by atoms with Gasteiger partial charge in [0.1, 0.15) is 5.69 Å². The molecule has 0 bridgehead atoms. The molecule has 1 aromatic rings. The van der Waals surface area contributed by atoms with Crippen LogP contribution in [-0.2, 0) is 7.05 Å². The molecule has 5 nitrogen and oxygen atoms in total. The highest BCUT2D eigenvalue weighted by atomic mass is 32.1. The zero-order valence-corrected chi connectivity index (χ0v) is 10.5. The van der Waals surface area contributed by atoms with E-state index in [1.54, 1.807) is 24.0 Å². The molecule has 1 aromatic heterocycles. The standard InChI is InChI=1S/C11H16N4OS/c1-15-9(5-6-13-15)11(16)14-8-4-2-3-7(8)10(12)17/h5-8H,2-4H2,1H3,(H2,12,17)(H,14,16). The van der Waals surface area contributed by atoms with Gasteiger partial charge in [0.15, 0.2) is 0 Å². The minimum Gasteiger partial charge on any atom is -0.393 e. The van der Waals surface area contributed by atoms with Gasteiger partial charge in [-0.25, -0.2) is 0 Å². The van der Waals surface area contributed by atoms with E-state index >= 15 is 0 Å². The van der Waals surface area contributed by atoms with Crippen LogP contribution in [0.15, 0.2) is 12.3 Å². The molecule has 0 spiro atoms. The van der Waals surface area contributed by atoms with E-state index in [0.29, 0.717) is 10.7 Å². The Morgan fingerprint density at radius 2 is 2.41 bits per heavy atom. The molecule has 1 heterocycles. The van der Waals surface area contributed by atoms with Crippen molar-refractivity contribution in [3.63, 3.8) is 0 Å². The van der Waals surface area contributed by atoms with Crippen molar-refractivity contribution in [1.29, 1.82) is 0 Å². The highest BCUT2D eigenvalue weighted by Gasteiger charge is 2.31. The lowest BCUT2D eigenvalue weighted by atomic mass is 10.0. The van der Waals surface area contributed by atoms with Crippen LogP contribution in [0.25, 0.3) is 0 Å². The lowest BCUT2D eigenvalue weighted by Crippen LogP contribution is -2.42. The van der Waals surface area contributed by atoms with Crippen LogP contribution in [0.3, 0.4) is 0 Å². The summed E-state index contributed by atoms with van der Waals surface area (Å²) in [5, 5.41) is 6.96. The molecule has 6 heteroatoms. The van der Waals surface area contributed by atoms with Gasteiger partial charge in [-0.1, -0.05) is 18.6 Å². The quantitative estimate of drug-likeness (QED) is 0.773. The monoisotopic (exact) mass is 252 g/mol. The van der Waals surface area contributed by atoms with Gasteiger partial charge >= 0.3 is 0 Å². The molecule has 0 aromatic carbocycles. The molecule has 3 N–H and O–H groups in total. The van der Waals surface area contributed by atoms with Gasteiger partial charge in [-0.15, -0.1) is 0 Å². The number of nitrogens with zero attached hydrogens (tertiary/aromatic N) is 2. The van der Waals surface area contributed by atoms with Gasteiger partial charge in [-0.2, -0.15) is 5.10 Å². The van der Waals surface area contributed by atoms with Crippen LogP contribution < -0.4 is 11.1 Å². The number of hydrogen-bond acceptors (Lipinski definition) is 3. The van der Waals surface area contributed by atoms with Crippen LogP contribution in [0.4, 0.5) is 0 Å². The fourth-order valence-electron chi connectivity index (χ4n) is 2.31. The van der Waals surface area contributed by atoms with Crippen molar-refractivity contribution in [1.82, 2.24) is 15.1 Å². The van der Waals surface area contributed by atoms with Gasteiger partial charge in [0.2, 0.25) is 0 Å². The molecule has 0 saturated heterocycles. The minimum absolute atomic E-state index is 0.0647. The smallest absolute Gasteiger partial charge is 0.269 e. The predicted octanol–water partition coefficient (Wildman–Crippen LogP) is 0.605. The van der Waals surface area contributed by atoms with Crippen molar-refractivity contribution in [3.8, 4) is 0 Å². The molecule has 0 radical (unpaired) electrons. The van der Waals surface area contributed by atoms with Crippen LogP contribution in [-0.4, -0.2) is 26.7 Å². The first-order valence-electron chi connectivity index (χ1n) is 5.68. The second-order valence-corrected chi connectivity index (χ2v) is 4.83. The van der Waals surface area contributed by atoms with Crippen LogP contribution >= 0.6 is 12.2 Å². The predicted molar refractivity (Wildman–Crippen MR) is 68.6 cm³/mol. The van der Waals surface area contributed by atoms with Gasteiger partial charge < -0.3 is 11.1 Å². The summed E-state index contributed by atoms with van der Waals surface area (Å²) in [6.45, 7) is 0. The zero-order chi connectivity index (χ0) is 12.4. The maximum absolute atomic E-state index is 12.0. The molecule has 1 fully saturated rings. The number of nitrogens with one attached hydrogen (secondary N) is 1. The van der Waals surface area contributed by atoms with E-state index in [4.69, 9.17) is 18.0 Å². The molecule has 17 heavy (non-hydrogen) atoms. The summed E-state index contributed by atoms with van der Waals surface area (Å²) < 4.78 is 1.56. The summed E-state index contributed by atoms with van der Waals surface area (Å²) in [6, 6.07) is 1.76. The molecular weight excluding hydrogens is 236 g/mol. The second kappa shape index (κ2) is 4.83. The lowest BCUT2D eigenvalue weighted by Gasteiger charge is -2.19. The van der Waals surface area contributed by atoms with Crippen molar-refractivity contribution in [3.05, 3.63) is 18.0 Å². The molecule has 2 unspecified atom stereocenters. The third kappa shape index (κ3) is 2.46. The summed E-state index contributed by atoms with van der Waals surface area (Å²) in [5.41, 5.74) is 6.23. The van der Waals surface area contributed by atoms with E-state index in [9.17, 15) is 4.79 Å². The van der Waals surface area contributed by atoms with Crippen molar-refractivity contribution in [2.75, 3.05) is 0 Å². The van der Waals surface area contributed by atoms with Crippen LogP contribution in [0.1, 0.15) is 29.8 Å². The molecule has 0 aliphatic heterocycles. The molecule has 1 amide bonds. The number of nitrogens with two attached hydrogens (primary N) is 1. The summed E-state index contributed by atoms with van der Waals surface area (Å²) in [4.78, 5) is 12.5. The molecular formula is C11H16N4OS. The fraction of sp³-hybridized carbons (Fsp3) is 0.545. The topological polar surface area (TPSA) is 72.9 Å². The third-order valence-electron chi connectivity index (χ3n) is 3.25. The van der Waals surface area contributed by atoms with Crippen molar-refractivity contribution < 1.29 is 4.79 Å². The lowest BCUT2D eigenvalue weighted by molar-refractivity contribution is 0.0924. The van der Waals surface area contributed by atoms with E-state index in [0.717, 1.165) is 19.3 Å². The highest BCUT2D eigenvalue weighted by molar-refractivity contribution is 7.80. The Bertz CT molecular complexity index is 442. The number of carbonyl (C=O) groups is 1. The maximum Gasteiger partial charge on any atom is 0.269 e. The van der Waals surface area contributed by atoms with Crippen LogP contribution in [0, 0.1) is 5.92 Å². The van der Waals surface area contributed by atoms with E-state index in [2.05, 4.69) is 10.4 Å². The van der Waals surface area contributed by atoms with E-state index in [1.165, 1.54) is 0 Å². The Kier molecular flexibility index (Phi) is 3.42. The molecule has 2 rings (SSSR count). The first kappa shape index (κ1) is 12.0. The Morgan fingerprint density at radius 3 is 3.00 bits per heavy atom. The largest absolute Gasteiger partial charge is 0.393 e. The average Bonchev–Trinajstić information content (AvgIpc) is 2.86. The number of amides is 1. The molecule has 1 aliphatic carbocycles. The van der Waals surface area contributed by atoms with E-state index < -0.39 is 0 Å². The molecule has 1 saturated carbocycles. The van der Waals surface area contributed by atoms with Gasteiger partial charge in [0, 0.05) is 25.2 Å². The number of carbonyl (C=O) groups excluding carboxylic acids is 1. The number of rotatable bonds is 3. The number of thiocarbonyl (C=S) groups is 1. The number of aryl methyl sites for hydroxylation is 1. The fourth-order valence-corrected chi connectivity index (χ4v) is 2.59. The zero-order valence-electron chi connectivity index (χ0n) is 9.72. The van der Waals surface area contributed by atoms with Crippen molar-refractivity contribution in [2.24, 2.45) is 18.7 Å². The highest BCUT2D eigenvalue weighted by Crippen LogP contribution is 2.26. The Balaban J connectivity index is 2.04. The SMILES string of the molecule is Cn1nccc1C(=O)NC1CCCC1C(N)=S. The Labute approximate surface area is 105 Å². The van der Waals surface area contributed by atoms with E-state index in [1.807, 2.05) is 0 Å².